The van der Waals surface area contributed by atoms with E-state index in [9.17, 15) is 14.9 Å². The smallest absolute Gasteiger partial charge is 0.280 e. The molecule has 0 aromatic heterocycles. The zero-order chi connectivity index (χ0) is 18.4. The van der Waals surface area contributed by atoms with Gasteiger partial charge in [0.1, 0.15) is 5.56 Å². The first-order valence-corrected chi connectivity index (χ1v) is 8.57. The normalized spacial score (nSPS) is 17.6. The molecule has 0 saturated carbocycles. The summed E-state index contributed by atoms with van der Waals surface area (Å²) >= 11 is 0. The summed E-state index contributed by atoms with van der Waals surface area (Å²) in [6, 6.07) is 11.9. The van der Waals surface area contributed by atoms with Crippen molar-refractivity contribution < 1.29 is 9.72 Å². The fourth-order valence-electron chi connectivity index (χ4n) is 3.71. The SMILES string of the molecule is CC1(C)CCC(C)(C)c2cc(C(=O)c3ccccc3[N+](=O)[O-])ccc21. The third-order valence-corrected chi connectivity index (χ3v) is 5.46. The van der Waals surface area contributed by atoms with E-state index in [1.54, 1.807) is 18.2 Å². The van der Waals surface area contributed by atoms with Crippen molar-refractivity contribution >= 4 is 11.5 Å². The van der Waals surface area contributed by atoms with Crippen LogP contribution in [0.1, 0.15) is 67.6 Å². The number of rotatable bonds is 3. The van der Waals surface area contributed by atoms with Gasteiger partial charge in [-0.15, -0.1) is 0 Å². The van der Waals surface area contributed by atoms with Gasteiger partial charge in [0.25, 0.3) is 5.69 Å². The number of hydrogen-bond acceptors (Lipinski definition) is 3. The molecule has 0 atom stereocenters. The van der Waals surface area contributed by atoms with Crippen LogP contribution in [0.3, 0.4) is 0 Å². The van der Waals surface area contributed by atoms with E-state index >= 15 is 0 Å². The summed E-state index contributed by atoms with van der Waals surface area (Å²) in [6.07, 6.45) is 2.15. The average Bonchev–Trinajstić information content (AvgIpc) is 2.58. The third kappa shape index (κ3) is 2.97. The largest absolute Gasteiger partial charge is 0.288 e. The van der Waals surface area contributed by atoms with Crippen molar-refractivity contribution in [3.05, 3.63) is 74.8 Å². The van der Waals surface area contributed by atoms with Crippen LogP contribution in [0.15, 0.2) is 42.5 Å². The number of ketones is 1. The van der Waals surface area contributed by atoms with Crippen molar-refractivity contribution in [1.29, 1.82) is 0 Å². The van der Waals surface area contributed by atoms with Gasteiger partial charge in [-0.1, -0.05) is 52.0 Å². The van der Waals surface area contributed by atoms with Gasteiger partial charge in [-0.25, -0.2) is 0 Å². The Kier molecular flexibility index (Phi) is 4.02. The van der Waals surface area contributed by atoms with Gasteiger partial charge >= 0.3 is 0 Å². The van der Waals surface area contributed by atoms with Crippen LogP contribution in [-0.2, 0) is 10.8 Å². The lowest BCUT2D eigenvalue weighted by atomic mass is 9.63. The number of nitro groups is 1. The second-order valence-corrected chi connectivity index (χ2v) is 8.13. The van der Waals surface area contributed by atoms with Crippen LogP contribution in [0.5, 0.6) is 0 Å². The maximum atomic E-state index is 12.9. The Morgan fingerprint density at radius 2 is 1.56 bits per heavy atom. The summed E-state index contributed by atoms with van der Waals surface area (Å²) in [5.41, 5.74) is 3.01. The van der Waals surface area contributed by atoms with Crippen LogP contribution in [0, 0.1) is 10.1 Å². The van der Waals surface area contributed by atoms with Gasteiger partial charge in [-0.2, -0.15) is 0 Å². The molecule has 3 rings (SSSR count). The molecule has 4 heteroatoms. The summed E-state index contributed by atoms with van der Waals surface area (Å²) in [7, 11) is 0. The molecule has 0 spiro atoms. The molecule has 2 aromatic carbocycles. The summed E-state index contributed by atoms with van der Waals surface area (Å²) in [5, 5.41) is 11.2. The topological polar surface area (TPSA) is 60.2 Å². The van der Waals surface area contributed by atoms with Gasteiger partial charge in [-0.05, 0) is 46.9 Å². The summed E-state index contributed by atoms with van der Waals surface area (Å²) < 4.78 is 0. The molecule has 0 N–H and O–H groups in total. The molecule has 0 unspecified atom stereocenters. The minimum absolute atomic E-state index is 0.0102. The van der Waals surface area contributed by atoms with Crippen LogP contribution in [0.25, 0.3) is 0 Å². The minimum Gasteiger partial charge on any atom is -0.288 e. The van der Waals surface area contributed by atoms with Crippen LogP contribution in [0.4, 0.5) is 5.69 Å². The van der Waals surface area contributed by atoms with Gasteiger partial charge in [0.05, 0.1) is 4.92 Å². The number of nitro benzene ring substituents is 1. The lowest BCUT2D eigenvalue weighted by Gasteiger charge is -2.42. The second-order valence-electron chi connectivity index (χ2n) is 8.13. The molecule has 0 bridgehead atoms. The van der Waals surface area contributed by atoms with E-state index in [-0.39, 0.29) is 27.9 Å². The molecule has 1 aliphatic carbocycles. The fraction of sp³-hybridized carbons (Fsp3) is 0.381. The van der Waals surface area contributed by atoms with Crippen LogP contribution < -0.4 is 0 Å². The summed E-state index contributed by atoms with van der Waals surface area (Å²) in [6.45, 7) is 8.84. The Balaban J connectivity index is 2.12. The lowest BCUT2D eigenvalue weighted by Crippen LogP contribution is -2.34. The molecule has 2 aromatic rings. The van der Waals surface area contributed by atoms with Crippen LogP contribution >= 0.6 is 0 Å². The van der Waals surface area contributed by atoms with Crippen molar-refractivity contribution in [2.24, 2.45) is 0 Å². The number of carbonyl (C=O) groups excluding carboxylic acids is 1. The van der Waals surface area contributed by atoms with Crippen LogP contribution in [-0.4, -0.2) is 10.7 Å². The Morgan fingerprint density at radius 3 is 2.20 bits per heavy atom. The van der Waals surface area contributed by atoms with Gasteiger partial charge in [-0.3, -0.25) is 14.9 Å². The van der Waals surface area contributed by atoms with E-state index in [1.807, 2.05) is 12.1 Å². The van der Waals surface area contributed by atoms with Gasteiger partial charge in [0.2, 0.25) is 0 Å². The molecule has 4 nitrogen and oxygen atoms in total. The number of hydrogen-bond donors (Lipinski definition) is 0. The highest BCUT2D eigenvalue weighted by molar-refractivity contribution is 6.11. The zero-order valence-corrected chi connectivity index (χ0v) is 15.1. The van der Waals surface area contributed by atoms with Crippen molar-refractivity contribution in [1.82, 2.24) is 0 Å². The van der Waals surface area contributed by atoms with Crippen molar-refractivity contribution in [2.45, 2.75) is 51.4 Å². The molecule has 0 heterocycles. The van der Waals surface area contributed by atoms with Gasteiger partial charge in [0, 0.05) is 11.6 Å². The summed E-state index contributed by atoms with van der Waals surface area (Å²) in [5.74, 6) is -0.297. The number of nitrogens with zero attached hydrogens (tertiary/aromatic N) is 1. The van der Waals surface area contributed by atoms with E-state index in [1.165, 1.54) is 23.3 Å². The predicted molar refractivity (Wildman–Crippen MR) is 98.3 cm³/mol. The molecule has 0 fully saturated rings. The van der Waals surface area contributed by atoms with Crippen molar-refractivity contribution in [3.8, 4) is 0 Å². The van der Waals surface area contributed by atoms with E-state index in [2.05, 4.69) is 27.7 Å². The quantitative estimate of drug-likeness (QED) is 0.441. The standard InChI is InChI=1S/C21H23NO3/c1-20(2)11-12-21(3,4)17-13-14(9-10-16(17)20)19(23)15-7-5-6-8-18(15)22(24)25/h5-10,13H,11-12H2,1-4H3. The minimum atomic E-state index is -0.501. The Labute approximate surface area is 148 Å². The molecule has 0 aliphatic heterocycles. The maximum Gasteiger partial charge on any atom is 0.280 e. The highest BCUT2D eigenvalue weighted by Gasteiger charge is 2.37. The Bertz CT molecular complexity index is 865. The lowest BCUT2D eigenvalue weighted by molar-refractivity contribution is -0.385. The molecule has 130 valence electrons. The maximum absolute atomic E-state index is 12.9. The predicted octanol–water partition coefficient (Wildman–Crippen LogP) is 5.17. The average molecular weight is 337 g/mol. The highest BCUT2D eigenvalue weighted by atomic mass is 16.6. The van der Waals surface area contributed by atoms with Crippen LogP contribution in [0.2, 0.25) is 0 Å². The molecular formula is C21H23NO3. The van der Waals surface area contributed by atoms with Gasteiger partial charge in [0.15, 0.2) is 5.78 Å². The first-order chi connectivity index (χ1) is 11.6. The monoisotopic (exact) mass is 337 g/mol. The number of benzene rings is 2. The van der Waals surface area contributed by atoms with E-state index in [0.29, 0.717) is 5.56 Å². The Hall–Kier alpha value is -2.49. The van der Waals surface area contributed by atoms with E-state index in [0.717, 1.165) is 12.8 Å². The Morgan fingerprint density at radius 1 is 0.960 bits per heavy atom. The molecule has 0 amide bonds. The second kappa shape index (κ2) is 5.80. The number of carbonyl (C=O) groups is 1. The van der Waals surface area contributed by atoms with E-state index in [4.69, 9.17) is 0 Å². The first-order valence-electron chi connectivity index (χ1n) is 8.57. The van der Waals surface area contributed by atoms with Crippen molar-refractivity contribution in [2.75, 3.05) is 0 Å². The molecule has 25 heavy (non-hydrogen) atoms. The van der Waals surface area contributed by atoms with Gasteiger partial charge < -0.3 is 0 Å². The summed E-state index contributed by atoms with van der Waals surface area (Å²) in [4.78, 5) is 23.7. The molecular weight excluding hydrogens is 314 g/mol. The van der Waals surface area contributed by atoms with E-state index < -0.39 is 4.92 Å². The zero-order valence-electron chi connectivity index (χ0n) is 15.1. The third-order valence-electron chi connectivity index (χ3n) is 5.46. The molecule has 1 aliphatic rings. The number of fused-ring (bicyclic) bond motifs is 1. The molecule has 0 radical (unpaired) electrons. The molecule has 0 saturated heterocycles. The fourth-order valence-corrected chi connectivity index (χ4v) is 3.71. The highest BCUT2D eigenvalue weighted by Crippen LogP contribution is 2.46. The van der Waals surface area contributed by atoms with Crippen molar-refractivity contribution in [3.63, 3.8) is 0 Å². The first kappa shape index (κ1) is 17.3. The number of para-hydroxylation sites is 1.